The van der Waals surface area contributed by atoms with Crippen LogP contribution >= 0.6 is 0 Å². The van der Waals surface area contributed by atoms with Crippen LogP contribution in [-0.4, -0.2) is 27.1 Å². The second kappa shape index (κ2) is 8.57. The zero-order valence-corrected chi connectivity index (χ0v) is 14.5. The van der Waals surface area contributed by atoms with Gasteiger partial charge in [-0.05, 0) is 35.9 Å². The van der Waals surface area contributed by atoms with Crippen LogP contribution in [0.4, 0.5) is 5.69 Å². The lowest BCUT2D eigenvalue weighted by Gasteiger charge is -2.07. The largest absolute Gasteiger partial charge is 0.478 e. The molecular weight excluding hydrogens is 362 g/mol. The van der Waals surface area contributed by atoms with Gasteiger partial charge in [-0.25, -0.2) is 4.79 Å². The van der Waals surface area contributed by atoms with Crippen LogP contribution in [0.1, 0.15) is 37.7 Å². The topological polar surface area (TPSA) is 141 Å². The third-order valence-corrected chi connectivity index (χ3v) is 3.80. The van der Waals surface area contributed by atoms with Crippen LogP contribution in [0, 0.1) is 11.3 Å². The Morgan fingerprint density at radius 2 is 1.93 bits per heavy atom. The van der Waals surface area contributed by atoms with Gasteiger partial charge < -0.3 is 20.3 Å². The SMILES string of the molecule is N#Cc1ccc(NC(=O)c2cc(CNCc3ccncc3)on2)c(C(=O)O)c1. The normalized spacial score (nSPS) is 10.2. The Labute approximate surface area is 159 Å². The van der Waals surface area contributed by atoms with Gasteiger partial charge in [0.1, 0.15) is 0 Å². The lowest BCUT2D eigenvalue weighted by Crippen LogP contribution is -2.15. The molecule has 0 bridgehead atoms. The van der Waals surface area contributed by atoms with Crippen LogP contribution in [0.3, 0.4) is 0 Å². The van der Waals surface area contributed by atoms with Crippen molar-refractivity contribution in [3.63, 3.8) is 0 Å². The Morgan fingerprint density at radius 3 is 2.64 bits per heavy atom. The highest BCUT2D eigenvalue weighted by atomic mass is 16.5. The number of aromatic nitrogens is 2. The summed E-state index contributed by atoms with van der Waals surface area (Å²) in [5.41, 5.74) is 1.13. The minimum atomic E-state index is -1.26. The van der Waals surface area contributed by atoms with Crippen LogP contribution in [0.25, 0.3) is 0 Å². The van der Waals surface area contributed by atoms with Crippen molar-refractivity contribution in [2.45, 2.75) is 13.1 Å². The molecule has 3 rings (SSSR count). The van der Waals surface area contributed by atoms with E-state index in [1.165, 1.54) is 24.3 Å². The van der Waals surface area contributed by atoms with Gasteiger partial charge in [0.2, 0.25) is 0 Å². The maximum atomic E-state index is 12.3. The predicted molar refractivity (Wildman–Crippen MR) is 97.4 cm³/mol. The van der Waals surface area contributed by atoms with E-state index in [0.717, 1.165) is 5.56 Å². The van der Waals surface area contributed by atoms with E-state index in [-0.39, 0.29) is 22.5 Å². The zero-order valence-electron chi connectivity index (χ0n) is 14.5. The number of carboxylic acid groups (broad SMARTS) is 1. The molecule has 3 N–H and O–H groups in total. The number of carbonyl (C=O) groups excluding carboxylic acids is 1. The van der Waals surface area contributed by atoms with Crippen LogP contribution < -0.4 is 10.6 Å². The molecule has 140 valence electrons. The van der Waals surface area contributed by atoms with E-state index in [0.29, 0.717) is 18.8 Å². The van der Waals surface area contributed by atoms with Gasteiger partial charge in [-0.3, -0.25) is 9.78 Å². The van der Waals surface area contributed by atoms with Crippen molar-refractivity contribution in [3.05, 3.63) is 76.9 Å². The maximum absolute atomic E-state index is 12.3. The number of pyridine rings is 1. The van der Waals surface area contributed by atoms with Gasteiger partial charge in [-0.1, -0.05) is 5.16 Å². The molecule has 0 radical (unpaired) electrons. The first-order valence-corrected chi connectivity index (χ1v) is 8.21. The second-order valence-corrected chi connectivity index (χ2v) is 5.77. The fourth-order valence-electron chi connectivity index (χ4n) is 2.42. The molecule has 0 fully saturated rings. The van der Waals surface area contributed by atoms with Crippen LogP contribution in [0.5, 0.6) is 0 Å². The summed E-state index contributed by atoms with van der Waals surface area (Å²) >= 11 is 0. The Bertz CT molecular complexity index is 1040. The molecule has 0 aliphatic heterocycles. The van der Waals surface area contributed by atoms with Crippen molar-refractivity contribution in [1.29, 1.82) is 5.26 Å². The first kappa shape index (κ1) is 18.8. The van der Waals surface area contributed by atoms with Crippen molar-refractivity contribution < 1.29 is 19.2 Å². The number of hydrogen-bond donors (Lipinski definition) is 3. The molecule has 2 heterocycles. The minimum Gasteiger partial charge on any atom is -0.478 e. The summed E-state index contributed by atoms with van der Waals surface area (Å²) in [6.07, 6.45) is 3.39. The fourth-order valence-corrected chi connectivity index (χ4v) is 2.42. The predicted octanol–water partition coefficient (Wildman–Crippen LogP) is 2.18. The zero-order chi connectivity index (χ0) is 19.9. The molecule has 9 nitrogen and oxygen atoms in total. The molecule has 0 spiro atoms. The summed E-state index contributed by atoms with van der Waals surface area (Å²) in [6, 6.07) is 11.0. The number of nitrogens with zero attached hydrogens (tertiary/aromatic N) is 3. The summed E-state index contributed by atoms with van der Waals surface area (Å²) < 4.78 is 5.13. The molecule has 1 amide bonds. The van der Waals surface area contributed by atoms with Gasteiger partial charge in [0.05, 0.1) is 29.4 Å². The molecule has 0 atom stereocenters. The van der Waals surface area contributed by atoms with E-state index < -0.39 is 11.9 Å². The van der Waals surface area contributed by atoms with Gasteiger partial charge in [0.15, 0.2) is 11.5 Å². The Balaban J connectivity index is 1.63. The van der Waals surface area contributed by atoms with Gasteiger partial charge in [0.25, 0.3) is 5.91 Å². The Hall–Kier alpha value is -4.03. The molecule has 2 aromatic heterocycles. The number of rotatable bonds is 7. The van der Waals surface area contributed by atoms with Gasteiger partial charge in [-0.15, -0.1) is 0 Å². The standard InChI is InChI=1S/C19H15N5O4/c20-9-13-1-2-16(15(7-13)19(26)27)23-18(25)17-8-14(28-24-17)11-22-10-12-3-5-21-6-4-12/h1-8,22H,10-11H2,(H,23,25)(H,26,27). The molecular formula is C19H15N5O4. The first-order valence-electron chi connectivity index (χ1n) is 8.21. The number of carbonyl (C=O) groups is 2. The average Bonchev–Trinajstić information content (AvgIpc) is 3.18. The highest BCUT2D eigenvalue weighted by Gasteiger charge is 2.17. The molecule has 0 saturated carbocycles. The summed E-state index contributed by atoms with van der Waals surface area (Å²) in [5.74, 6) is -1.41. The number of carboxylic acids is 1. The smallest absolute Gasteiger partial charge is 0.337 e. The van der Waals surface area contributed by atoms with E-state index >= 15 is 0 Å². The second-order valence-electron chi connectivity index (χ2n) is 5.77. The van der Waals surface area contributed by atoms with E-state index in [4.69, 9.17) is 9.78 Å². The minimum absolute atomic E-state index is 0.0152. The van der Waals surface area contributed by atoms with E-state index in [1.54, 1.807) is 12.4 Å². The summed E-state index contributed by atoms with van der Waals surface area (Å²) in [7, 11) is 0. The van der Waals surface area contributed by atoms with Crippen molar-refractivity contribution in [2.75, 3.05) is 5.32 Å². The van der Waals surface area contributed by atoms with Gasteiger partial charge in [-0.2, -0.15) is 5.26 Å². The molecule has 0 aliphatic rings. The number of nitriles is 1. The highest BCUT2D eigenvalue weighted by Crippen LogP contribution is 2.18. The monoisotopic (exact) mass is 377 g/mol. The maximum Gasteiger partial charge on any atom is 0.337 e. The molecule has 9 heteroatoms. The number of aromatic carboxylic acids is 1. The molecule has 3 aromatic rings. The first-order chi connectivity index (χ1) is 13.6. The molecule has 28 heavy (non-hydrogen) atoms. The third-order valence-electron chi connectivity index (χ3n) is 3.80. The van der Waals surface area contributed by atoms with Crippen molar-refractivity contribution in [2.24, 2.45) is 0 Å². The molecule has 0 aliphatic carbocycles. The van der Waals surface area contributed by atoms with Crippen LogP contribution in [0.15, 0.2) is 53.3 Å². The molecule has 0 saturated heterocycles. The molecule has 0 unspecified atom stereocenters. The summed E-state index contributed by atoms with van der Waals surface area (Å²) in [5, 5.41) is 27.5. The van der Waals surface area contributed by atoms with Gasteiger partial charge >= 0.3 is 5.97 Å². The van der Waals surface area contributed by atoms with E-state index in [2.05, 4.69) is 20.8 Å². The van der Waals surface area contributed by atoms with E-state index in [1.807, 2.05) is 18.2 Å². The van der Waals surface area contributed by atoms with Crippen LogP contribution in [-0.2, 0) is 13.1 Å². The van der Waals surface area contributed by atoms with Crippen LogP contribution in [0.2, 0.25) is 0 Å². The number of benzene rings is 1. The lowest BCUT2D eigenvalue weighted by molar-refractivity contribution is 0.0698. The number of amides is 1. The summed E-state index contributed by atoms with van der Waals surface area (Å²) in [6.45, 7) is 0.956. The van der Waals surface area contributed by atoms with Crippen molar-refractivity contribution in [1.82, 2.24) is 15.5 Å². The van der Waals surface area contributed by atoms with Crippen molar-refractivity contribution in [3.8, 4) is 6.07 Å². The fraction of sp³-hybridized carbons (Fsp3) is 0.105. The number of hydrogen-bond acceptors (Lipinski definition) is 7. The summed E-state index contributed by atoms with van der Waals surface area (Å²) in [4.78, 5) is 27.6. The average molecular weight is 377 g/mol. The number of nitrogens with one attached hydrogen (secondary N) is 2. The quantitative estimate of drug-likeness (QED) is 0.569. The molecule has 1 aromatic carbocycles. The lowest BCUT2D eigenvalue weighted by atomic mass is 10.1. The van der Waals surface area contributed by atoms with E-state index in [9.17, 15) is 14.7 Å². The third kappa shape index (κ3) is 4.57. The Kier molecular flexibility index (Phi) is 5.74. The Morgan fingerprint density at radius 1 is 1.14 bits per heavy atom. The highest BCUT2D eigenvalue weighted by molar-refractivity contribution is 6.06. The van der Waals surface area contributed by atoms with Crippen molar-refractivity contribution >= 4 is 17.6 Å². The van der Waals surface area contributed by atoms with Gasteiger partial charge in [0, 0.05) is 25.0 Å². The number of anilines is 1.